The molecule has 0 aromatic heterocycles. The maximum Gasteiger partial charge on any atom is 0.409 e. The Hall–Kier alpha value is -1.94. The van der Waals surface area contributed by atoms with Crippen LogP contribution in [-0.2, 0) is 23.7 Å². The number of aliphatic hydroxyl groups excluding tert-OH is 1. The number of carbonyl (C=O) groups excluding carboxylic acids is 2. The van der Waals surface area contributed by atoms with Crippen molar-refractivity contribution < 1.29 is 33.6 Å². The number of hydrogen-bond acceptors (Lipinski definition) is 7. The minimum atomic E-state index is -0.535. The predicted molar refractivity (Wildman–Crippen MR) is 174 cm³/mol. The molecule has 2 aliphatic rings. The molecule has 0 spiro atoms. The van der Waals surface area contributed by atoms with Crippen LogP contribution in [0.3, 0.4) is 0 Å². The first-order valence-corrected chi connectivity index (χ1v) is 16.9. The number of nitrogens with one attached hydrogen (secondary N) is 1. The van der Waals surface area contributed by atoms with Gasteiger partial charge in [-0.2, -0.15) is 0 Å². The van der Waals surface area contributed by atoms with Crippen molar-refractivity contribution in [3.05, 3.63) is 23.8 Å². The zero-order chi connectivity index (χ0) is 32.9. The molecule has 254 valence electrons. The molecule has 2 amide bonds. The number of amides is 2. The number of aliphatic hydroxyl groups is 1. The summed E-state index contributed by atoms with van der Waals surface area (Å²) >= 11 is 0. The van der Waals surface area contributed by atoms with E-state index < -0.39 is 6.10 Å². The van der Waals surface area contributed by atoms with Gasteiger partial charge in [-0.1, -0.05) is 39.0 Å². The number of ether oxygens (including phenoxy) is 4. The molecule has 9 heteroatoms. The lowest BCUT2D eigenvalue weighted by atomic mass is 9.85. The summed E-state index contributed by atoms with van der Waals surface area (Å²) in [5.41, 5.74) is 0.991. The fraction of sp³-hybridized carbons (Fsp3) is 0.829. The highest BCUT2D eigenvalue weighted by molar-refractivity contribution is 5.75. The molecule has 2 saturated heterocycles. The number of methoxy groups -OCH3 is 1. The van der Waals surface area contributed by atoms with E-state index in [-0.39, 0.29) is 47.9 Å². The van der Waals surface area contributed by atoms with Crippen LogP contribution < -0.4 is 5.32 Å². The Balaban J connectivity index is 1.71. The highest BCUT2D eigenvalue weighted by atomic mass is 16.6. The van der Waals surface area contributed by atoms with Crippen molar-refractivity contribution >= 4 is 12.0 Å². The molecule has 2 aliphatic heterocycles. The van der Waals surface area contributed by atoms with Crippen LogP contribution in [0.5, 0.6) is 0 Å². The smallest absolute Gasteiger partial charge is 0.409 e. The van der Waals surface area contributed by atoms with E-state index in [1.807, 2.05) is 13.8 Å². The second-order valence-electron chi connectivity index (χ2n) is 13.3. The summed E-state index contributed by atoms with van der Waals surface area (Å²) in [6.45, 7) is 18.6. The van der Waals surface area contributed by atoms with Crippen LogP contribution in [0.15, 0.2) is 23.8 Å². The lowest BCUT2D eigenvalue weighted by molar-refractivity contribution is -0.123. The van der Waals surface area contributed by atoms with Gasteiger partial charge in [-0.05, 0) is 90.6 Å². The molecular formula is C35H62N2O7. The maximum absolute atomic E-state index is 12.4. The summed E-state index contributed by atoms with van der Waals surface area (Å²) in [5.74, 6) is 0.918. The fourth-order valence-corrected chi connectivity index (χ4v) is 6.64. The van der Waals surface area contributed by atoms with Gasteiger partial charge >= 0.3 is 6.09 Å². The number of epoxide rings is 1. The number of carbonyl (C=O) groups is 2. The topological polar surface area (TPSA) is 110 Å². The lowest BCUT2D eigenvalue weighted by Crippen LogP contribution is -2.41. The number of unbranched alkanes of at least 4 members (excludes halogenated alkanes) is 2. The summed E-state index contributed by atoms with van der Waals surface area (Å²) in [5, 5.41) is 13.1. The number of allylic oxidation sites excluding steroid dienone is 3. The van der Waals surface area contributed by atoms with Crippen molar-refractivity contribution in [3.8, 4) is 0 Å². The van der Waals surface area contributed by atoms with Gasteiger partial charge in [0.2, 0.25) is 5.91 Å². The molecule has 2 N–H and O–H groups in total. The van der Waals surface area contributed by atoms with Crippen molar-refractivity contribution in [2.24, 2.45) is 17.8 Å². The van der Waals surface area contributed by atoms with E-state index in [2.05, 4.69) is 58.2 Å². The standard InChI is InChI=1S/C35H62N2O7/c1-10-37(11-2)34(40)42-21-14-12-13-18-30(39)36-23-29-20-19-26(5)31(43-29)25(4)17-15-16-24(3)22-35(8)33(44-35)27(6)32(41-9)28(7)38/h15-17,24,26-29,31-33,38H,10-14,18-23H2,1-9H3,(H,36,39)/b16-15+,25-17+/t24-,26+,27-,28-,29-,31-,32-,33-,35-/m1/s1. The Morgan fingerprint density at radius 3 is 2.48 bits per heavy atom. The maximum atomic E-state index is 12.4. The van der Waals surface area contributed by atoms with Crippen LogP contribution >= 0.6 is 0 Å². The summed E-state index contributed by atoms with van der Waals surface area (Å²) in [6, 6.07) is 0. The molecule has 44 heavy (non-hydrogen) atoms. The third-order valence-electron chi connectivity index (χ3n) is 9.28. The summed E-state index contributed by atoms with van der Waals surface area (Å²) in [6.07, 6.45) is 11.3. The Morgan fingerprint density at radius 2 is 1.84 bits per heavy atom. The number of nitrogens with zero attached hydrogens (tertiary/aromatic N) is 1. The first-order chi connectivity index (χ1) is 20.9. The Morgan fingerprint density at radius 1 is 1.14 bits per heavy atom. The summed E-state index contributed by atoms with van der Waals surface area (Å²) in [7, 11) is 1.64. The molecule has 2 rings (SSSR count). The largest absolute Gasteiger partial charge is 0.449 e. The van der Waals surface area contributed by atoms with Crippen LogP contribution in [0, 0.1) is 17.8 Å². The third kappa shape index (κ3) is 12.1. The molecule has 0 saturated carbocycles. The van der Waals surface area contributed by atoms with Crippen LogP contribution in [0.2, 0.25) is 0 Å². The molecule has 0 aromatic carbocycles. The Bertz CT molecular complexity index is 934. The normalized spacial score (nSPS) is 28.3. The van der Waals surface area contributed by atoms with Crippen molar-refractivity contribution in [2.45, 2.75) is 136 Å². The average molecular weight is 623 g/mol. The lowest BCUT2D eigenvalue weighted by Gasteiger charge is -2.35. The van der Waals surface area contributed by atoms with Crippen LogP contribution in [0.4, 0.5) is 4.79 Å². The molecular weight excluding hydrogens is 560 g/mol. The monoisotopic (exact) mass is 622 g/mol. The highest BCUT2D eigenvalue weighted by Crippen LogP contribution is 2.47. The average Bonchev–Trinajstić information content (AvgIpc) is 3.65. The SMILES string of the molecule is CCN(CC)C(=O)OCCCCCC(=O)NC[C@H]1CC[C@H](C)[C@@H](/C(C)=C/C=C/[C@@H](C)C[C@@]2(C)O[C@@H]2[C@H](C)[C@@H](OC)[C@@H](C)O)O1. The zero-order valence-electron chi connectivity index (χ0n) is 29.0. The van der Waals surface area contributed by atoms with Gasteiger partial charge in [0.15, 0.2) is 0 Å². The second-order valence-corrected chi connectivity index (χ2v) is 13.3. The molecule has 0 aliphatic carbocycles. The van der Waals surface area contributed by atoms with Gasteiger partial charge in [0, 0.05) is 39.1 Å². The minimum absolute atomic E-state index is 0.00865. The highest BCUT2D eigenvalue weighted by Gasteiger charge is 2.56. The molecule has 9 atom stereocenters. The quantitative estimate of drug-likeness (QED) is 0.103. The summed E-state index contributed by atoms with van der Waals surface area (Å²) in [4.78, 5) is 25.9. The van der Waals surface area contributed by atoms with E-state index >= 15 is 0 Å². The first-order valence-electron chi connectivity index (χ1n) is 16.9. The first kappa shape index (κ1) is 38.2. The van der Waals surface area contributed by atoms with Gasteiger partial charge < -0.3 is 34.3 Å². The van der Waals surface area contributed by atoms with Gasteiger partial charge in [0.05, 0.1) is 42.7 Å². The van der Waals surface area contributed by atoms with E-state index in [9.17, 15) is 14.7 Å². The van der Waals surface area contributed by atoms with E-state index in [1.54, 1.807) is 18.9 Å². The van der Waals surface area contributed by atoms with Crippen molar-refractivity contribution in [3.63, 3.8) is 0 Å². The molecule has 2 fully saturated rings. The Labute approximate surface area is 267 Å². The van der Waals surface area contributed by atoms with E-state index in [4.69, 9.17) is 18.9 Å². The molecule has 0 unspecified atom stereocenters. The van der Waals surface area contributed by atoms with Crippen LogP contribution in [0.25, 0.3) is 0 Å². The molecule has 0 bridgehead atoms. The molecule has 2 heterocycles. The summed E-state index contributed by atoms with van der Waals surface area (Å²) < 4.78 is 23.4. The fourth-order valence-electron chi connectivity index (χ4n) is 6.64. The second kappa shape index (κ2) is 18.9. The molecule has 0 radical (unpaired) electrons. The van der Waals surface area contributed by atoms with E-state index in [1.165, 1.54) is 5.57 Å². The van der Waals surface area contributed by atoms with Gasteiger partial charge in [0.25, 0.3) is 0 Å². The van der Waals surface area contributed by atoms with Gasteiger partial charge in [-0.15, -0.1) is 0 Å². The van der Waals surface area contributed by atoms with Gasteiger partial charge in [-0.3, -0.25) is 4.79 Å². The van der Waals surface area contributed by atoms with Gasteiger partial charge in [-0.25, -0.2) is 4.79 Å². The van der Waals surface area contributed by atoms with Gasteiger partial charge in [0.1, 0.15) is 0 Å². The van der Waals surface area contributed by atoms with Crippen LogP contribution in [-0.4, -0.2) is 91.5 Å². The van der Waals surface area contributed by atoms with E-state index in [0.29, 0.717) is 44.5 Å². The number of rotatable bonds is 19. The van der Waals surface area contributed by atoms with E-state index in [0.717, 1.165) is 38.5 Å². The van der Waals surface area contributed by atoms with Crippen molar-refractivity contribution in [2.75, 3.05) is 33.4 Å². The molecule has 0 aromatic rings. The minimum Gasteiger partial charge on any atom is -0.449 e. The third-order valence-corrected chi connectivity index (χ3v) is 9.28. The number of hydrogen-bond donors (Lipinski definition) is 2. The van der Waals surface area contributed by atoms with Crippen molar-refractivity contribution in [1.29, 1.82) is 0 Å². The molecule has 9 nitrogen and oxygen atoms in total. The Kier molecular flexibility index (Phi) is 16.4. The predicted octanol–water partition coefficient (Wildman–Crippen LogP) is 6.04. The zero-order valence-corrected chi connectivity index (χ0v) is 29.0. The van der Waals surface area contributed by atoms with Crippen molar-refractivity contribution in [1.82, 2.24) is 10.2 Å². The van der Waals surface area contributed by atoms with Crippen LogP contribution in [0.1, 0.15) is 100 Å².